The van der Waals surface area contributed by atoms with Crippen LogP contribution in [0.4, 0.5) is 9.52 Å². The Morgan fingerprint density at radius 3 is 2.58 bits per heavy atom. The third-order valence-corrected chi connectivity index (χ3v) is 5.57. The van der Waals surface area contributed by atoms with Gasteiger partial charge in [-0.15, -0.1) is 11.3 Å². The van der Waals surface area contributed by atoms with E-state index in [1.54, 1.807) is 34.2 Å². The summed E-state index contributed by atoms with van der Waals surface area (Å²) in [6.07, 6.45) is 3.85. The van der Waals surface area contributed by atoms with Crippen molar-refractivity contribution in [2.45, 2.75) is 19.4 Å². The van der Waals surface area contributed by atoms with Crippen LogP contribution in [-0.2, 0) is 6.54 Å². The molecule has 0 N–H and O–H groups in total. The van der Waals surface area contributed by atoms with Crippen molar-refractivity contribution in [2.75, 3.05) is 18.0 Å². The quantitative estimate of drug-likeness (QED) is 0.706. The van der Waals surface area contributed by atoms with Crippen LogP contribution in [0.3, 0.4) is 0 Å². The van der Waals surface area contributed by atoms with Gasteiger partial charge in [-0.3, -0.25) is 4.79 Å². The topological polar surface area (TPSA) is 51.0 Å². The second-order valence-corrected chi connectivity index (χ2v) is 7.36. The van der Waals surface area contributed by atoms with Crippen molar-refractivity contribution in [1.29, 1.82) is 0 Å². The van der Waals surface area contributed by atoms with Gasteiger partial charge in [0, 0.05) is 42.8 Å². The van der Waals surface area contributed by atoms with Crippen LogP contribution in [0.1, 0.15) is 12.8 Å². The molecule has 0 bridgehead atoms. The molecule has 26 heavy (non-hydrogen) atoms. The van der Waals surface area contributed by atoms with E-state index in [2.05, 4.69) is 15.0 Å². The summed E-state index contributed by atoms with van der Waals surface area (Å²) in [5.41, 5.74) is 1.39. The summed E-state index contributed by atoms with van der Waals surface area (Å²) in [5.74, 6) is 0.133. The van der Waals surface area contributed by atoms with Gasteiger partial charge in [0.1, 0.15) is 5.82 Å². The van der Waals surface area contributed by atoms with Gasteiger partial charge in [-0.2, -0.15) is 5.10 Å². The molecule has 1 aromatic carbocycles. The minimum atomic E-state index is -0.283. The minimum Gasteiger partial charge on any atom is -0.348 e. The molecular weight excluding hydrogens is 351 g/mol. The summed E-state index contributed by atoms with van der Waals surface area (Å²) in [6.45, 7) is 2.51. The van der Waals surface area contributed by atoms with Crippen LogP contribution >= 0.6 is 11.3 Å². The molecule has 0 aliphatic carbocycles. The number of halogens is 1. The number of benzene rings is 1. The normalized spacial score (nSPS) is 15.3. The Kier molecular flexibility index (Phi) is 4.79. The van der Waals surface area contributed by atoms with Gasteiger partial charge in [-0.05, 0) is 49.1 Å². The second-order valence-electron chi connectivity index (χ2n) is 6.49. The van der Waals surface area contributed by atoms with Gasteiger partial charge in [0.05, 0.1) is 5.69 Å². The average molecular weight is 370 g/mol. The Morgan fingerprint density at radius 1 is 1.12 bits per heavy atom. The summed E-state index contributed by atoms with van der Waals surface area (Å²) < 4.78 is 14.6. The zero-order valence-corrected chi connectivity index (χ0v) is 15.0. The third-order valence-electron chi connectivity index (χ3n) is 4.74. The highest BCUT2D eigenvalue weighted by atomic mass is 32.1. The molecule has 7 heteroatoms. The van der Waals surface area contributed by atoms with Crippen molar-refractivity contribution >= 4 is 16.5 Å². The van der Waals surface area contributed by atoms with E-state index in [-0.39, 0.29) is 11.4 Å². The van der Waals surface area contributed by atoms with E-state index >= 15 is 0 Å². The summed E-state index contributed by atoms with van der Waals surface area (Å²) in [5, 5.41) is 7.55. The number of aromatic nitrogens is 3. The minimum absolute atomic E-state index is 0.0989. The van der Waals surface area contributed by atoms with Gasteiger partial charge >= 0.3 is 0 Å². The highest BCUT2D eigenvalue weighted by Crippen LogP contribution is 2.25. The maximum atomic E-state index is 13.1. The lowest BCUT2D eigenvalue weighted by Gasteiger charge is -2.31. The second kappa shape index (κ2) is 7.37. The van der Waals surface area contributed by atoms with Crippen LogP contribution < -0.4 is 10.5 Å². The zero-order chi connectivity index (χ0) is 17.9. The van der Waals surface area contributed by atoms with Crippen LogP contribution in [0.2, 0.25) is 0 Å². The van der Waals surface area contributed by atoms with Crippen molar-refractivity contribution in [3.63, 3.8) is 0 Å². The third kappa shape index (κ3) is 3.67. The van der Waals surface area contributed by atoms with Gasteiger partial charge < -0.3 is 4.90 Å². The van der Waals surface area contributed by atoms with E-state index in [4.69, 9.17) is 0 Å². The Labute approximate surface area is 154 Å². The standard InChI is InChI=1S/C19H19FN4OS/c20-16-3-1-15(2-4-16)17-5-6-18(25)24(22-17)13-14-7-10-23(11-8-14)19-21-9-12-26-19/h1-6,9,12,14H,7-8,10-11,13H2. The fourth-order valence-corrected chi connectivity index (χ4v) is 3.97. The maximum absolute atomic E-state index is 13.1. The van der Waals surface area contributed by atoms with E-state index in [1.165, 1.54) is 18.2 Å². The first-order valence-electron chi connectivity index (χ1n) is 8.67. The number of rotatable bonds is 4. The SMILES string of the molecule is O=c1ccc(-c2ccc(F)cc2)nn1CC1CCN(c2nccs2)CC1. The van der Waals surface area contributed by atoms with Crippen LogP contribution in [-0.4, -0.2) is 27.9 Å². The Balaban J connectivity index is 1.46. The van der Waals surface area contributed by atoms with Crippen molar-refractivity contribution in [2.24, 2.45) is 5.92 Å². The number of hydrogen-bond donors (Lipinski definition) is 0. The number of thiazole rings is 1. The predicted octanol–water partition coefficient (Wildman–Crippen LogP) is 3.42. The van der Waals surface area contributed by atoms with E-state index in [1.807, 2.05) is 11.6 Å². The molecule has 0 amide bonds. The maximum Gasteiger partial charge on any atom is 0.266 e. The Hall–Kier alpha value is -2.54. The van der Waals surface area contributed by atoms with E-state index in [0.717, 1.165) is 36.6 Å². The van der Waals surface area contributed by atoms with Gasteiger partial charge in [-0.1, -0.05) is 0 Å². The lowest BCUT2D eigenvalue weighted by atomic mass is 9.97. The van der Waals surface area contributed by atoms with Crippen molar-refractivity contribution in [1.82, 2.24) is 14.8 Å². The number of piperidine rings is 1. The van der Waals surface area contributed by atoms with Gasteiger partial charge in [0.15, 0.2) is 5.13 Å². The number of hydrogen-bond acceptors (Lipinski definition) is 5. The first-order chi connectivity index (χ1) is 12.7. The first kappa shape index (κ1) is 16.9. The predicted molar refractivity (Wildman–Crippen MR) is 101 cm³/mol. The van der Waals surface area contributed by atoms with Crippen LogP contribution in [0.15, 0.2) is 52.8 Å². The largest absolute Gasteiger partial charge is 0.348 e. The average Bonchev–Trinajstić information content (AvgIpc) is 3.20. The monoisotopic (exact) mass is 370 g/mol. The fourth-order valence-electron chi connectivity index (χ4n) is 3.28. The fraction of sp³-hybridized carbons (Fsp3) is 0.316. The van der Waals surface area contributed by atoms with Crippen molar-refractivity contribution in [3.05, 3.63) is 64.1 Å². The lowest BCUT2D eigenvalue weighted by molar-refractivity contribution is 0.335. The summed E-state index contributed by atoms with van der Waals surface area (Å²) in [7, 11) is 0. The molecular formula is C19H19FN4OS. The summed E-state index contributed by atoms with van der Waals surface area (Å²) in [6, 6.07) is 9.40. The molecule has 134 valence electrons. The van der Waals surface area contributed by atoms with Gasteiger partial charge in [0.25, 0.3) is 5.56 Å². The molecule has 0 spiro atoms. The molecule has 1 aliphatic heterocycles. The smallest absolute Gasteiger partial charge is 0.266 e. The van der Waals surface area contributed by atoms with Crippen LogP contribution in [0.25, 0.3) is 11.3 Å². The Morgan fingerprint density at radius 2 is 1.88 bits per heavy atom. The molecule has 0 unspecified atom stereocenters. The molecule has 0 saturated carbocycles. The molecule has 4 rings (SSSR count). The van der Waals surface area contributed by atoms with Crippen LogP contribution in [0.5, 0.6) is 0 Å². The number of nitrogens with zero attached hydrogens (tertiary/aromatic N) is 4. The molecule has 3 heterocycles. The van der Waals surface area contributed by atoms with Gasteiger partial charge in [-0.25, -0.2) is 14.1 Å². The van der Waals surface area contributed by atoms with Crippen molar-refractivity contribution < 1.29 is 4.39 Å². The van der Waals surface area contributed by atoms with E-state index < -0.39 is 0 Å². The van der Waals surface area contributed by atoms with E-state index in [0.29, 0.717) is 18.2 Å². The van der Waals surface area contributed by atoms with Crippen LogP contribution in [0, 0.1) is 11.7 Å². The summed E-state index contributed by atoms with van der Waals surface area (Å²) in [4.78, 5) is 18.9. The highest BCUT2D eigenvalue weighted by molar-refractivity contribution is 7.13. The lowest BCUT2D eigenvalue weighted by Crippen LogP contribution is -2.36. The zero-order valence-electron chi connectivity index (χ0n) is 14.2. The number of anilines is 1. The summed E-state index contributed by atoms with van der Waals surface area (Å²) >= 11 is 1.66. The molecule has 5 nitrogen and oxygen atoms in total. The molecule has 1 saturated heterocycles. The van der Waals surface area contributed by atoms with Gasteiger partial charge in [0.2, 0.25) is 0 Å². The molecule has 0 atom stereocenters. The van der Waals surface area contributed by atoms with E-state index in [9.17, 15) is 9.18 Å². The Bertz CT molecular complexity index is 915. The molecule has 3 aromatic rings. The van der Waals surface area contributed by atoms with Crippen molar-refractivity contribution in [3.8, 4) is 11.3 Å². The molecule has 2 aromatic heterocycles. The first-order valence-corrected chi connectivity index (χ1v) is 9.55. The molecule has 1 fully saturated rings. The highest BCUT2D eigenvalue weighted by Gasteiger charge is 2.21. The molecule has 0 radical (unpaired) electrons. The molecule has 1 aliphatic rings.